The minimum Gasteiger partial charge on any atom is -0.469 e. The van der Waals surface area contributed by atoms with Gasteiger partial charge in [0.05, 0.1) is 17.8 Å². The van der Waals surface area contributed by atoms with Crippen molar-refractivity contribution >= 4 is 15.7 Å². The van der Waals surface area contributed by atoms with Gasteiger partial charge in [-0.15, -0.1) is 0 Å². The molecule has 23 heavy (non-hydrogen) atoms. The minimum atomic E-state index is -2.84. The van der Waals surface area contributed by atoms with Crippen LogP contribution in [0.5, 0.6) is 0 Å². The normalized spacial score (nSPS) is 25.5. The monoisotopic (exact) mass is 340 g/mol. The second-order valence-corrected chi connectivity index (χ2v) is 8.72. The molecule has 2 fully saturated rings. The van der Waals surface area contributed by atoms with Crippen LogP contribution < -0.4 is 5.32 Å². The van der Waals surface area contributed by atoms with E-state index in [4.69, 9.17) is 4.42 Å². The van der Waals surface area contributed by atoms with Crippen LogP contribution in [0.15, 0.2) is 22.8 Å². The standard InChI is InChI=1S/C16H24N2O4S/c19-16(17-7-3-15-2-1-10-22-15)13-4-8-18(9-5-13)14-6-11-23(20,21)12-14/h1-2,10,13-14H,3-9,11-12H2,(H,17,19). The molecular weight excluding hydrogens is 316 g/mol. The topological polar surface area (TPSA) is 79.6 Å². The van der Waals surface area contributed by atoms with Gasteiger partial charge >= 0.3 is 0 Å². The molecule has 1 atom stereocenters. The molecule has 3 rings (SSSR count). The molecule has 0 radical (unpaired) electrons. The second kappa shape index (κ2) is 7.05. The quantitative estimate of drug-likeness (QED) is 0.859. The smallest absolute Gasteiger partial charge is 0.223 e. The number of piperidine rings is 1. The summed E-state index contributed by atoms with van der Waals surface area (Å²) in [6, 6.07) is 3.90. The van der Waals surface area contributed by atoms with Gasteiger partial charge in [0, 0.05) is 24.9 Å². The molecule has 0 spiro atoms. The van der Waals surface area contributed by atoms with Gasteiger partial charge in [-0.2, -0.15) is 0 Å². The molecular formula is C16H24N2O4S. The molecule has 1 aromatic heterocycles. The van der Waals surface area contributed by atoms with E-state index in [1.807, 2.05) is 12.1 Å². The predicted octanol–water partition coefficient (Wildman–Crippen LogP) is 0.837. The van der Waals surface area contributed by atoms with Crippen molar-refractivity contribution < 1.29 is 17.6 Å². The molecule has 1 amide bonds. The molecule has 128 valence electrons. The van der Waals surface area contributed by atoms with E-state index >= 15 is 0 Å². The summed E-state index contributed by atoms with van der Waals surface area (Å²) in [5.41, 5.74) is 0. The van der Waals surface area contributed by atoms with Gasteiger partial charge in [0.15, 0.2) is 9.84 Å². The summed E-state index contributed by atoms with van der Waals surface area (Å²) in [6.07, 6.45) is 4.70. The van der Waals surface area contributed by atoms with Gasteiger partial charge in [-0.25, -0.2) is 8.42 Å². The van der Waals surface area contributed by atoms with Gasteiger partial charge in [0.25, 0.3) is 0 Å². The summed E-state index contributed by atoms with van der Waals surface area (Å²) in [7, 11) is -2.84. The van der Waals surface area contributed by atoms with E-state index in [2.05, 4.69) is 10.2 Å². The van der Waals surface area contributed by atoms with E-state index in [0.29, 0.717) is 18.7 Å². The maximum absolute atomic E-state index is 12.2. The lowest BCUT2D eigenvalue weighted by atomic mass is 9.94. The lowest BCUT2D eigenvalue weighted by Gasteiger charge is -2.34. The van der Waals surface area contributed by atoms with Crippen molar-refractivity contribution in [3.8, 4) is 0 Å². The summed E-state index contributed by atoms with van der Waals surface area (Å²) in [6.45, 7) is 2.22. The predicted molar refractivity (Wildman–Crippen MR) is 86.8 cm³/mol. The van der Waals surface area contributed by atoms with E-state index < -0.39 is 9.84 Å². The number of rotatable bonds is 5. The number of nitrogens with one attached hydrogen (secondary N) is 1. The molecule has 2 saturated heterocycles. The van der Waals surface area contributed by atoms with Crippen molar-refractivity contribution in [3.05, 3.63) is 24.2 Å². The summed E-state index contributed by atoms with van der Waals surface area (Å²) in [5, 5.41) is 2.97. The van der Waals surface area contributed by atoms with Gasteiger partial charge < -0.3 is 9.73 Å². The molecule has 1 aromatic rings. The van der Waals surface area contributed by atoms with Crippen LogP contribution in [0.25, 0.3) is 0 Å². The first-order chi connectivity index (χ1) is 11.0. The summed E-state index contributed by atoms with van der Waals surface area (Å²) in [4.78, 5) is 14.4. The van der Waals surface area contributed by atoms with Crippen molar-refractivity contribution in [2.45, 2.75) is 31.7 Å². The second-order valence-electron chi connectivity index (χ2n) is 6.49. The molecule has 0 aliphatic carbocycles. The van der Waals surface area contributed by atoms with Crippen LogP contribution in [0.4, 0.5) is 0 Å². The number of hydrogen-bond acceptors (Lipinski definition) is 5. The van der Waals surface area contributed by atoms with Gasteiger partial charge in [-0.3, -0.25) is 9.69 Å². The van der Waals surface area contributed by atoms with Gasteiger partial charge in [0.1, 0.15) is 5.76 Å². The lowest BCUT2D eigenvalue weighted by Crippen LogP contribution is -2.45. The van der Waals surface area contributed by atoms with Gasteiger partial charge in [-0.05, 0) is 44.5 Å². The van der Waals surface area contributed by atoms with Gasteiger partial charge in [-0.1, -0.05) is 0 Å². The van der Waals surface area contributed by atoms with E-state index in [-0.39, 0.29) is 23.6 Å². The molecule has 0 saturated carbocycles. The molecule has 7 heteroatoms. The minimum absolute atomic E-state index is 0.0425. The highest BCUT2D eigenvalue weighted by Gasteiger charge is 2.35. The fourth-order valence-corrected chi connectivity index (χ4v) is 5.26. The van der Waals surface area contributed by atoms with E-state index in [9.17, 15) is 13.2 Å². The Morgan fingerprint density at radius 3 is 2.70 bits per heavy atom. The molecule has 3 heterocycles. The van der Waals surface area contributed by atoms with Crippen molar-refractivity contribution in [1.82, 2.24) is 10.2 Å². The van der Waals surface area contributed by atoms with Crippen LogP contribution in [0, 0.1) is 5.92 Å². The third-order valence-electron chi connectivity index (χ3n) is 4.88. The van der Waals surface area contributed by atoms with E-state index in [1.54, 1.807) is 6.26 Å². The molecule has 2 aliphatic heterocycles. The fourth-order valence-electron chi connectivity index (χ4n) is 3.50. The highest BCUT2D eigenvalue weighted by Crippen LogP contribution is 2.24. The Morgan fingerprint density at radius 1 is 1.30 bits per heavy atom. The summed E-state index contributed by atoms with van der Waals surface area (Å²) < 4.78 is 28.4. The van der Waals surface area contributed by atoms with Crippen LogP contribution >= 0.6 is 0 Å². The summed E-state index contributed by atoms with van der Waals surface area (Å²) in [5.74, 6) is 1.62. The Labute approximate surface area is 137 Å². The lowest BCUT2D eigenvalue weighted by molar-refractivity contribution is -0.126. The van der Waals surface area contributed by atoms with Gasteiger partial charge in [0.2, 0.25) is 5.91 Å². The molecule has 2 aliphatic rings. The van der Waals surface area contributed by atoms with Crippen molar-refractivity contribution in [3.63, 3.8) is 0 Å². The van der Waals surface area contributed by atoms with Crippen LogP contribution in [-0.2, 0) is 21.1 Å². The number of nitrogens with zero attached hydrogens (tertiary/aromatic N) is 1. The van der Waals surface area contributed by atoms with E-state index in [0.717, 1.165) is 38.1 Å². The first kappa shape index (κ1) is 16.5. The first-order valence-corrected chi connectivity index (χ1v) is 10.1. The summed E-state index contributed by atoms with van der Waals surface area (Å²) >= 11 is 0. The Bertz CT molecular complexity index is 619. The first-order valence-electron chi connectivity index (χ1n) is 8.28. The zero-order valence-electron chi connectivity index (χ0n) is 13.2. The number of amides is 1. The molecule has 0 aromatic carbocycles. The Hall–Kier alpha value is -1.34. The zero-order chi connectivity index (χ0) is 16.3. The van der Waals surface area contributed by atoms with Crippen LogP contribution in [-0.4, -0.2) is 56.4 Å². The highest BCUT2D eigenvalue weighted by atomic mass is 32.2. The van der Waals surface area contributed by atoms with Crippen molar-refractivity contribution in [1.29, 1.82) is 0 Å². The maximum Gasteiger partial charge on any atom is 0.223 e. The number of furan rings is 1. The Balaban J connectivity index is 1.39. The number of carbonyl (C=O) groups is 1. The SMILES string of the molecule is O=C(NCCc1ccco1)C1CCN(C2CCS(=O)(=O)C2)CC1. The van der Waals surface area contributed by atoms with Crippen LogP contribution in [0.3, 0.4) is 0 Å². The van der Waals surface area contributed by atoms with Crippen molar-refractivity contribution in [2.75, 3.05) is 31.1 Å². The number of likely N-dealkylation sites (tertiary alicyclic amines) is 1. The van der Waals surface area contributed by atoms with E-state index in [1.165, 1.54) is 0 Å². The fraction of sp³-hybridized carbons (Fsp3) is 0.688. The third kappa shape index (κ3) is 4.35. The molecule has 1 unspecified atom stereocenters. The van der Waals surface area contributed by atoms with Crippen LogP contribution in [0.1, 0.15) is 25.0 Å². The average Bonchev–Trinajstić information content (AvgIpc) is 3.17. The van der Waals surface area contributed by atoms with Crippen molar-refractivity contribution in [2.24, 2.45) is 5.92 Å². The molecule has 0 bridgehead atoms. The number of carbonyl (C=O) groups excluding carboxylic acids is 1. The Kier molecular flexibility index (Phi) is 5.06. The average molecular weight is 340 g/mol. The molecule has 1 N–H and O–H groups in total. The number of hydrogen-bond donors (Lipinski definition) is 1. The largest absolute Gasteiger partial charge is 0.469 e. The maximum atomic E-state index is 12.2. The highest BCUT2D eigenvalue weighted by molar-refractivity contribution is 7.91. The van der Waals surface area contributed by atoms with Crippen LogP contribution in [0.2, 0.25) is 0 Å². The number of sulfone groups is 1. The Morgan fingerprint density at radius 2 is 2.09 bits per heavy atom. The molecule has 6 nitrogen and oxygen atoms in total. The third-order valence-corrected chi connectivity index (χ3v) is 6.63. The zero-order valence-corrected chi connectivity index (χ0v) is 14.1.